The van der Waals surface area contributed by atoms with Crippen LogP contribution in [0.15, 0.2) is 41.9 Å². The van der Waals surface area contributed by atoms with E-state index in [0.717, 1.165) is 5.75 Å². The van der Waals surface area contributed by atoms with Crippen molar-refractivity contribution in [2.75, 3.05) is 47.4 Å². The zero-order valence-corrected chi connectivity index (χ0v) is 18.0. The van der Waals surface area contributed by atoms with Gasteiger partial charge in [-0.1, -0.05) is 23.7 Å². The molecule has 1 aromatic carbocycles. The first-order valence-electron chi connectivity index (χ1n) is 7.63. The molecule has 25 heavy (non-hydrogen) atoms. The van der Waals surface area contributed by atoms with Crippen LogP contribution in [0.4, 0.5) is 0 Å². The fourth-order valence-electron chi connectivity index (χ4n) is 1.72. The fraction of sp³-hybridized carbons (Fsp3) is 0.412. The van der Waals surface area contributed by atoms with Crippen molar-refractivity contribution in [3.63, 3.8) is 0 Å². The number of carbonyl (C=O) groups excluding carboxylic acids is 1. The predicted molar refractivity (Wildman–Crippen MR) is 114 cm³/mol. The molecule has 0 atom stereocenters. The molecule has 1 N–H and O–H groups in total. The number of aliphatic imine (C=N–C) groups is 1. The molecule has 0 saturated carbocycles. The lowest BCUT2D eigenvalue weighted by Gasteiger charge is -2.22. The van der Waals surface area contributed by atoms with Crippen LogP contribution in [0, 0.1) is 0 Å². The highest BCUT2D eigenvalue weighted by molar-refractivity contribution is 14.0. The Morgan fingerprint density at radius 3 is 2.72 bits per heavy atom. The van der Waals surface area contributed by atoms with Gasteiger partial charge in [0.2, 0.25) is 5.91 Å². The number of nitrogens with zero attached hydrogens (tertiary/aromatic N) is 3. The summed E-state index contributed by atoms with van der Waals surface area (Å²) in [6, 6.07) is 7.26. The van der Waals surface area contributed by atoms with Crippen LogP contribution in [-0.4, -0.2) is 69.1 Å². The zero-order valence-electron chi connectivity index (χ0n) is 14.9. The van der Waals surface area contributed by atoms with Gasteiger partial charge in [-0.25, -0.2) is 4.99 Å². The van der Waals surface area contributed by atoms with Crippen molar-refractivity contribution in [2.45, 2.75) is 0 Å². The molecular weight excluding hydrogens is 455 g/mol. The first-order chi connectivity index (χ1) is 11.4. The van der Waals surface area contributed by atoms with Crippen molar-refractivity contribution in [2.24, 2.45) is 4.99 Å². The van der Waals surface area contributed by atoms with Crippen molar-refractivity contribution in [1.82, 2.24) is 15.1 Å². The van der Waals surface area contributed by atoms with Gasteiger partial charge in [0.05, 0.1) is 6.54 Å². The molecule has 0 aliphatic rings. The molecule has 0 bridgehead atoms. The van der Waals surface area contributed by atoms with Gasteiger partial charge in [0.1, 0.15) is 18.9 Å². The van der Waals surface area contributed by atoms with Crippen LogP contribution in [0.25, 0.3) is 0 Å². The maximum Gasteiger partial charge on any atom is 0.243 e. The Hall–Kier alpha value is -1.48. The average Bonchev–Trinajstić information content (AvgIpc) is 2.54. The Balaban J connectivity index is 0.00000576. The van der Waals surface area contributed by atoms with E-state index in [1.807, 2.05) is 24.1 Å². The third-order valence-corrected chi connectivity index (χ3v) is 3.36. The third-order valence-electron chi connectivity index (χ3n) is 3.12. The van der Waals surface area contributed by atoms with E-state index in [9.17, 15) is 4.79 Å². The summed E-state index contributed by atoms with van der Waals surface area (Å²) in [5.74, 6) is 1.28. The zero-order chi connectivity index (χ0) is 17.9. The van der Waals surface area contributed by atoms with E-state index in [0.29, 0.717) is 30.7 Å². The largest absolute Gasteiger partial charge is 0.492 e. The highest BCUT2D eigenvalue weighted by atomic mass is 127. The lowest BCUT2D eigenvalue weighted by atomic mass is 10.3. The standard InChI is InChI=1S/C17H25ClN4O2.HI/c1-5-9-19-17(20-13-16(23)21(2)3)22(4)10-11-24-15-8-6-7-14(18)12-15;/h5-8,12H,1,9-11,13H2,2-4H3,(H,19,20);1H. The molecule has 0 saturated heterocycles. The maximum atomic E-state index is 11.7. The quantitative estimate of drug-likeness (QED) is 0.269. The topological polar surface area (TPSA) is 57.2 Å². The van der Waals surface area contributed by atoms with Crippen molar-refractivity contribution in [3.8, 4) is 5.75 Å². The molecular formula is C17H26ClIN4O2. The number of rotatable bonds is 8. The van der Waals surface area contributed by atoms with Crippen molar-refractivity contribution in [3.05, 3.63) is 41.9 Å². The first-order valence-corrected chi connectivity index (χ1v) is 8.00. The van der Waals surface area contributed by atoms with Crippen LogP contribution in [0.5, 0.6) is 5.75 Å². The summed E-state index contributed by atoms with van der Waals surface area (Å²) in [4.78, 5) is 19.4. The number of halogens is 2. The monoisotopic (exact) mass is 480 g/mol. The highest BCUT2D eigenvalue weighted by Gasteiger charge is 2.08. The molecule has 1 rings (SSSR count). The predicted octanol–water partition coefficient (Wildman–Crippen LogP) is 2.49. The normalized spacial score (nSPS) is 10.5. The minimum atomic E-state index is -0.0588. The molecule has 8 heteroatoms. The maximum absolute atomic E-state index is 11.7. The van der Waals surface area contributed by atoms with Gasteiger partial charge < -0.3 is 19.9 Å². The number of likely N-dealkylation sites (N-methyl/N-ethyl adjacent to an activating group) is 2. The molecule has 0 aromatic heterocycles. The van der Waals surface area contributed by atoms with Gasteiger partial charge in [-0.2, -0.15) is 0 Å². The van der Waals surface area contributed by atoms with Gasteiger partial charge >= 0.3 is 0 Å². The van der Waals surface area contributed by atoms with Crippen molar-refractivity contribution in [1.29, 1.82) is 0 Å². The molecule has 0 unspecified atom stereocenters. The molecule has 0 radical (unpaired) electrons. The van der Waals surface area contributed by atoms with E-state index in [2.05, 4.69) is 16.9 Å². The number of guanidine groups is 1. The number of hydrogen-bond donors (Lipinski definition) is 1. The molecule has 0 fully saturated rings. The van der Waals surface area contributed by atoms with Gasteiger partial charge in [0, 0.05) is 32.7 Å². The number of amides is 1. The SMILES string of the molecule is C=CCNC(=NCC(=O)N(C)C)N(C)CCOc1cccc(Cl)c1.I. The lowest BCUT2D eigenvalue weighted by Crippen LogP contribution is -2.41. The minimum absolute atomic E-state index is 0. The number of ether oxygens (including phenoxy) is 1. The summed E-state index contributed by atoms with van der Waals surface area (Å²) in [6.07, 6.45) is 1.74. The van der Waals surface area contributed by atoms with Crippen LogP contribution >= 0.6 is 35.6 Å². The van der Waals surface area contributed by atoms with Crippen molar-refractivity contribution >= 4 is 47.4 Å². The number of benzene rings is 1. The molecule has 0 aliphatic heterocycles. The Bertz CT molecular complexity index is 582. The molecule has 1 aromatic rings. The number of carbonyl (C=O) groups is 1. The Morgan fingerprint density at radius 1 is 1.40 bits per heavy atom. The van der Waals surface area contributed by atoms with Gasteiger partial charge in [0.15, 0.2) is 5.96 Å². The van der Waals surface area contributed by atoms with E-state index in [1.165, 1.54) is 4.90 Å². The fourth-order valence-corrected chi connectivity index (χ4v) is 1.90. The smallest absolute Gasteiger partial charge is 0.243 e. The lowest BCUT2D eigenvalue weighted by molar-refractivity contribution is -0.127. The summed E-state index contributed by atoms with van der Waals surface area (Å²) in [7, 11) is 5.30. The molecule has 1 amide bonds. The first kappa shape index (κ1) is 23.5. The summed E-state index contributed by atoms with van der Waals surface area (Å²) in [6.45, 7) is 5.40. The van der Waals surface area contributed by atoms with Crippen LogP contribution in [0.3, 0.4) is 0 Å². The highest BCUT2D eigenvalue weighted by Crippen LogP contribution is 2.16. The number of hydrogen-bond acceptors (Lipinski definition) is 3. The van der Waals surface area contributed by atoms with Gasteiger partial charge in [-0.05, 0) is 18.2 Å². The van der Waals surface area contributed by atoms with E-state index in [1.54, 1.807) is 32.3 Å². The Labute approximate surface area is 171 Å². The van der Waals surface area contributed by atoms with Gasteiger partial charge in [-0.15, -0.1) is 30.6 Å². The van der Waals surface area contributed by atoms with E-state index in [4.69, 9.17) is 16.3 Å². The summed E-state index contributed by atoms with van der Waals surface area (Å²) in [5.41, 5.74) is 0. The minimum Gasteiger partial charge on any atom is -0.492 e. The molecule has 6 nitrogen and oxygen atoms in total. The van der Waals surface area contributed by atoms with Crippen LogP contribution in [0.1, 0.15) is 0 Å². The molecule has 0 aliphatic carbocycles. The second kappa shape index (κ2) is 12.8. The number of nitrogens with one attached hydrogen (secondary N) is 1. The molecule has 140 valence electrons. The van der Waals surface area contributed by atoms with E-state index >= 15 is 0 Å². The second-order valence-corrected chi connectivity index (χ2v) is 5.76. The van der Waals surface area contributed by atoms with Crippen LogP contribution < -0.4 is 10.1 Å². The van der Waals surface area contributed by atoms with Gasteiger partial charge in [-0.3, -0.25) is 4.79 Å². The Kier molecular flexibility index (Phi) is 12.1. The van der Waals surface area contributed by atoms with Crippen LogP contribution in [-0.2, 0) is 4.79 Å². The summed E-state index contributed by atoms with van der Waals surface area (Å²) < 4.78 is 5.67. The molecule has 0 heterocycles. The third kappa shape index (κ3) is 9.54. The molecule has 0 spiro atoms. The van der Waals surface area contributed by atoms with Crippen molar-refractivity contribution < 1.29 is 9.53 Å². The second-order valence-electron chi connectivity index (χ2n) is 5.32. The van der Waals surface area contributed by atoms with E-state index < -0.39 is 0 Å². The average molecular weight is 481 g/mol. The summed E-state index contributed by atoms with van der Waals surface area (Å²) in [5, 5.41) is 3.77. The van der Waals surface area contributed by atoms with Gasteiger partial charge in [0.25, 0.3) is 0 Å². The summed E-state index contributed by atoms with van der Waals surface area (Å²) >= 11 is 5.93. The Morgan fingerprint density at radius 2 is 2.12 bits per heavy atom. The van der Waals surface area contributed by atoms with E-state index in [-0.39, 0.29) is 36.4 Å². The van der Waals surface area contributed by atoms with Crippen LogP contribution in [0.2, 0.25) is 5.02 Å².